The highest BCUT2D eigenvalue weighted by atomic mass is 19.4. The van der Waals surface area contributed by atoms with E-state index in [9.17, 15) is 35.5 Å². The Kier molecular flexibility index (Phi) is 9.41. The molecule has 1 aliphatic carbocycles. The van der Waals surface area contributed by atoms with Crippen LogP contribution >= 0.6 is 0 Å². The Morgan fingerprint density at radius 2 is 1.56 bits per heavy atom. The van der Waals surface area contributed by atoms with Gasteiger partial charge in [-0.1, -0.05) is 25.3 Å². The van der Waals surface area contributed by atoms with Gasteiger partial charge in [0.2, 0.25) is 5.91 Å². The van der Waals surface area contributed by atoms with Crippen LogP contribution in [0.5, 0.6) is 0 Å². The van der Waals surface area contributed by atoms with Gasteiger partial charge >= 0.3 is 12.4 Å². The largest absolute Gasteiger partial charge is 0.416 e. The molecular formula is C31H37F7N2O. The first-order valence-corrected chi connectivity index (χ1v) is 14.2. The van der Waals surface area contributed by atoms with Crippen molar-refractivity contribution >= 4 is 5.91 Å². The molecule has 2 unspecified atom stereocenters. The average molecular weight is 587 g/mol. The summed E-state index contributed by atoms with van der Waals surface area (Å²) in [5.41, 5.74) is -1.53. The number of hydrogen-bond acceptors (Lipinski definition) is 2. The SMILES string of the molecule is Cc1cc(F)ccc1[C@H]1CN(CC2CCCCC2)CCC1C(=O)N(C)C(C)c1cc(C(F)(F)F)cc(C(F)(F)F)c1. The monoisotopic (exact) mass is 586 g/mol. The van der Waals surface area contributed by atoms with E-state index in [1.165, 1.54) is 50.3 Å². The van der Waals surface area contributed by atoms with Crippen molar-refractivity contribution in [3.8, 4) is 0 Å². The molecule has 1 saturated heterocycles. The first-order chi connectivity index (χ1) is 19.1. The van der Waals surface area contributed by atoms with E-state index >= 15 is 0 Å². The molecule has 0 radical (unpaired) electrons. The van der Waals surface area contributed by atoms with E-state index in [4.69, 9.17) is 0 Å². The molecule has 1 saturated carbocycles. The minimum atomic E-state index is -4.98. The minimum Gasteiger partial charge on any atom is -0.339 e. The lowest BCUT2D eigenvalue weighted by molar-refractivity contribution is -0.143. The summed E-state index contributed by atoms with van der Waals surface area (Å²) < 4.78 is 94.8. The van der Waals surface area contributed by atoms with Crippen LogP contribution in [-0.2, 0) is 17.1 Å². The van der Waals surface area contributed by atoms with E-state index in [1.54, 1.807) is 13.0 Å². The molecular weight excluding hydrogens is 549 g/mol. The van der Waals surface area contributed by atoms with Crippen LogP contribution in [-0.4, -0.2) is 42.4 Å². The highest BCUT2D eigenvalue weighted by molar-refractivity contribution is 5.80. The third-order valence-corrected chi connectivity index (χ3v) is 8.91. The predicted octanol–water partition coefficient (Wildman–Crippen LogP) is 8.38. The van der Waals surface area contributed by atoms with Gasteiger partial charge in [-0.3, -0.25) is 4.79 Å². The number of likely N-dealkylation sites (tertiary alicyclic amines) is 1. The number of benzene rings is 2. The molecule has 41 heavy (non-hydrogen) atoms. The van der Waals surface area contributed by atoms with E-state index < -0.39 is 35.4 Å². The number of amides is 1. The smallest absolute Gasteiger partial charge is 0.339 e. The number of halogens is 7. The average Bonchev–Trinajstić information content (AvgIpc) is 2.91. The Balaban J connectivity index is 1.62. The van der Waals surface area contributed by atoms with Crippen LogP contribution in [0.3, 0.4) is 0 Å². The Hall–Kier alpha value is -2.62. The Morgan fingerprint density at radius 1 is 0.951 bits per heavy atom. The number of carbonyl (C=O) groups excluding carboxylic acids is 1. The van der Waals surface area contributed by atoms with Crippen LogP contribution < -0.4 is 0 Å². The van der Waals surface area contributed by atoms with E-state index in [0.29, 0.717) is 43.1 Å². The molecule has 0 bridgehead atoms. The molecule has 3 nitrogen and oxygen atoms in total. The van der Waals surface area contributed by atoms with Gasteiger partial charge in [-0.2, -0.15) is 26.3 Å². The molecule has 2 aliphatic rings. The standard InChI is InChI=1S/C31H37F7N2O/c1-19-13-25(32)9-10-26(19)28-18-40(17-21-7-5-4-6-8-21)12-11-27(28)29(41)39(3)20(2)22-14-23(30(33,34)35)16-24(15-22)31(36,37)38/h9-10,13-16,20-21,27-28H,4-8,11-12,17-18H2,1-3H3/t20?,27?,28-/m1/s1. The number of hydrogen-bond donors (Lipinski definition) is 0. The van der Waals surface area contributed by atoms with Gasteiger partial charge < -0.3 is 9.80 Å². The summed E-state index contributed by atoms with van der Waals surface area (Å²) >= 11 is 0. The topological polar surface area (TPSA) is 23.6 Å². The summed E-state index contributed by atoms with van der Waals surface area (Å²) in [6, 6.07) is 4.87. The van der Waals surface area contributed by atoms with Crippen LogP contribution in [0, 0.1) is 24.6 Å². The lowest BCUT2D eigenvalue weighted by Gasteiger charge is -2.42. The van der Waals surface area contributed by atoms with Crippen molar-refractivity contribution < 1.29 is 35.5 Å². The summed E-state index contributed by atoms with van der Waals surface area (Å²) in [7, 11) is 1.42. The van der Waals surface area contributed by atoms with E-state index in [-0.39, 0.29) is 29.3 Å². The Labute approximate surface area is 236 Å². The van der Waals surface area contributed by atoms with E-state index in [0.717, 1.165) is 24.9 Å². The second-order valence-corrected chi connectivity index (χ2v) is 11.7. The zero-order chi connectivity index (χ0) is 30.1. The Morgan fingerprint density at radius 3 is 2.12 bits per heavy atom. The maximum absolute atomic E-state index is 14.0. The molecule has 4 rings (SSSR count). The van der Waals surface area contributed by atoms with Crippen LogP contribution in [0.4, 0.5) is 30.7 Å². The quantitative estimate of drug-likeness (QED) is 0.318. The zero-order valence-electron chi connectivity index (χ0n) is 23.6. The van der Waals surface area contributed by atoms with Crippen molar-refractivity contribution in [2.75, 3.05) is 26.7 Å². The number of alkyl halides is 6. The maximum atomic E-state index is 14.0. The summed E-state index contributed by atoms with van der Waals surface area (Å²) in [5, 5.41) is 0. The van der Waals surface area contributed by atoms with Gasteiger partial charge in [0.25, 0.3) is 0 Å². The maximum Gasteiger partial charge on any atom is 0.416 e. The van der Waals surface area contributed by atoms with Crippen molar-refractivity contribution in [1.82, 2.24) is 9.80 Å². The van der Waals surface area contributed by atoms with Gasteiger partial charge in [0.1, 0.15) is 5.82 Å². The number of aryl methyl sites for hydroxylation is 1. The van der Waals surface area contributed by atoms with Crippen molar-refractivity contribution in [3.05, 3.63) is 70.0 Å². The van der Waals surface area contributed by atoms with Gasteiger partial charge in [0.05, 0.1) is 17.2 Å². The first-order valence-electron chi connectivity index (χ1n) is 14.2. The van der Waals surface area contributed by atoms with Gasteiger partial charge in [0, 0.05) is 32.0 Å². The summed E-state index contributed by atoms with van der Waals surface area (Å²) in [4.78, 5) is 17.5. The molecule has 1 aliphatic heterocycles. The molecule has 0 spiro atoms. The third-order valence-electron chi connectivity index (χ3n) is 8.91. The fourth-order valence-corrected chi connectivity index (χ4v) is 6.48. The van der Waals surface area contributed by atoms with Gasteiger partial charge in [-0.25, -0.2) is 4.39 Å². The van der Waals surface area contributed by atoms with Crippen molar-refractivity contribution in [3.63, 3.8) is 0 Å². The molecule has 0 N–H and O–H groups in total. The normalized spacial score (nSPS) is 22.0. The number of piperidine rings is 1. The van der Waals surface area contributed by atoms with Gasteiger partial charge in [-0.05, 0) is 92.6 Å². The van der Waals surface area contributed by atoms with Crippen LogP contribution in [0.15, 0.2) is 36.4 Å². The number of nitrogens with zero attached hydrogens (tertiary/aromatic N) is 2. The van der Waals surface area contributed by atoms with Crippen molar-refractivity contribution in [2.24, 2.45) is 11.8 Å². The van der Waals surface area contributed by atoms with Crippen molar-refractivity contribution in [2.45, 2.75) is 76.7 Å². The molecule has 3 atom stereocenters. The van der Waals surface area contributed by atoms with E-state index in [2.05, 4.69) is 4.90 Å². The fraction of sp³-hybridized carbons (Fsp3) is 0.581. The molecule has 0 aromatic heterocycles. The second-order valence-electron chi connectivity index (χ2n) is 11.7. The summed E-state index contributed by atoms with van der Waals surface area (Å²) in [6.07, 6.45) is -3.50. The molecule has 1 heterocycles. The molecule has 226 valence electrons. The first kappa shape index (κ1) is 31.3. The van der Waals surface area contributed by atoms with Crippen LogP contribution in [0.2, 0.25) is 0 Å². The molecule has 1 amide bonds. The van der Waals surface area contributed by atoms with Crippen LogP contribution in [0.25, 0.3) is 0 Å². The van der Waals surface area contributed by atoms with Crippen molar-refractivity contribution in [1.29, 1.82) is 0 Å². The highest BCUT2D eigenvalue weighted by Crippen LogP contribution is 2.40. The van der Waals surface area contributed by atoms with Gasteiger partial charge in [-0.15, -0.1) is 0 Å². The summed E-state index contributed by atoms with van der Waals surface area (Å²) in [6.45, 7) is 5.36. The van der Waals surface area contributed by atoms with E-state index in [1.807, 2.05) is 0 Å². The predicted molar refractivity (Wildman–Crippen MR) is 143 cm³/mol. The second kappa shape index (κ2) is 12.3. The highest BCUT2D eigenvalue weighted by Gasteiger charge is 2.41. The molecule has 2 aromatic rings. The lowest BCUT2D eigenvalue weighted by atomic mass is 9.77. The summed E-state index contributed by atoms with van der Waals surface area (Å²) in [5.74, 6) is -1.00. The molecule has 2 fully saturated rings. The Bertz CT molecular complexity index is 1190. The third kappa shape index (κ3) is 7.43. The molecule has 2 aromatic carbocycles. The minimum absolute atomic E-state index is 0.0907. The number of rotatable bonds is 6. The molecule has 10 heteroatoms. The zero-order valence-corrected chi connectivity index (χ0v) is 23.6. The number of carbonyl (C=O) groups is 1. The van der Waals surface area contributed by atoms with Gasteiger partial charge in [0.15, 0.2) is 0 Å². The lowest BCUT2D eigenvalue weighted by Crippen LogP contribution is -2.47. The van der Waals surface area contributed by atoms with Crippen LogP contribution in [0.1, 0.15) is 85.2 Å². The fourth-order valence-electron chi connectivity index (χ4n) is 6.48.